The molecule has 53 heavy (non-hydrogen) atoms. The van der Waals surface area contributed by atoms with Crippen LogP contribution in [0, 0.1) is 16.0 Å². The summed E-state index contributed by atoms with van der Waals surface area (Å²) in [6.07, 6.45) is 16.6. The van der Waals surface area contributed by atoms with Crippen LogP contribution in [0.3, 0.4) is 0 Å². The van der Waals surface area contributed by atoms with Gasteiger partial charge >= 0.3 is 18.1 Å². The first-order chi connectivity index (χ1) is 25.5. The number of methoxy groups -OCH3 is 1. The lowest BCUT2D eigenvalue weighted by atomic mass is 9.89. The highest BCUT2D eigenvalue weighted by atomic mass is 19.4. The van der Waals surface area contributed by atoms with Crippen molar-refractivity contribution in [1.82, 2.24) is 0 Å². The Morgan fingerprint density at radius 2 is 1.66 bits per heavy atom. The molecule has 2 aromatic rings. The van der Waals surface area contributed by atoms with E-state index >= 15 is 0 Å². The maximum atomic E-state index is 12.5. The summed E-state index contributed by atoms with van der Waals surface area (Å²) in [4.78, 5) is 37.8. The summed E-state index contributed by atoms with van der Waals surface area (Å²) in [5.41, 5.74) is -0.00573. The number of rotatable bonds is 19. The Balaban J connectivity index is 0.000000533. The monoisotopic (exact) mass is 749 g/mol. The number of alkyl halides is 3. The van der Waals surface area contributed by atoms with Crippen LogP contribution in [0.2, 0.25) is 0 Å². The van der Waals surface area contributed by atoms with Gasteiger partial charge in [-0.3, -0.25) is 4.79 Å². The first-order valence-corrected chi connectivity index (χ1v) is 18.1. The topological polar surface area (TPSA) is 123 Å². The fourth-order valence-electron chi connectivity index (χ4n) is 4.93. The smallest absolute Gasteiger partial charge is 0.416 e. The van der Waals surface area contributed by atoms with Gasteiger partial charge in [0.25, 0.3) is 5.09 Å². The fourth-order valence-corrected chi connectivity index (χ4v) is 4.93. The lowest BCUT2D eigenvalue weighted by Gasteiger charge is -2.17. The molecule has 0 aliphatic heterocycles. The molecule has 1 aliphatic rings. The minimum Gasteiger partial charge on any atom is -0.493 e. The summed E-state index contributed by atoms with van der Waals surface area (Å²) in [7, 11) is 1.46. The average molecular weight is 750 g/mol. The van der Waals surface area contributed by atoms with Gasteiger partial charge in [0.1, 0.15) is 5.75 Å². The van der Waals surface area contributed by atoms with Crippen molar-refractivity contribution in [2.45, 2.75) is 97.6 Å². The normalized spacial score (nSPS) is 13.1. The molecule has 10 nitrogen and oxygen atoms in total. The second kappa shape index (κ2) is 27.8. The Hall–Kier alpha value is -4.81. The van der Waals surface area contributed by atoms with Crippen LogP contribution in [0.15, 0.2) is 72.8 Å². The predicted molar refractivity (Wildman–Crippen MR) is 198 cm³/mol. The summed E-state index contributed by atoms with van der Waals surface area (Å²) in [6, 6.07) is 9.95. The van der Waals surface area contributed by atoms with Gasteiger partial charge in [-0.25, -0.2) is 4.79 Å². The number of carbonyl (C=O) groups excluding carboxylic acids is 2. The molecular formula is C40H54F3NO9. The van der Waals surface area contributed by atoms with E-state index in [1.807, 2.05) is 32.9 Å². The van der Waals surface area contributed by atoms with Gasteiger partial charge in [0, 0.05) is 12.5 Å². The molecule has 1 saturated carbocycles. The largest absolute Gasteiger partial charge is 0.493 e. The molecule has 13 heteroatoms. The van der Waals surface area contributed by atoms with Crippen LogP contribution in [0.5, 0.6) is 17.2 Å². The van der Waals surface area contributed by atoms with Crippen LogP contribution in [-0.4, -0.2) is 44.0 Å². The van der Waals surface area contributed by atoms with E-state index < -0.39 is 22.8 Å². The zero-order chi connectivity index (χ0) is 39.3. The second-order valence-corrected chi connectivity index (χ2v) is 11.6. The summed E-state index contributed by atoms with van der Waals surface area (Å²) >= 11 is 0. The number of allylic oxidation sites excluding steroid dienone is 3. The molecule has 0 heterocycles. The third-order valence-corrected chi connectivity index (χ3v) is 7.56. The van der Waals surface area contributed by atoms with Gasteiger partial charge in [-0.05, 0) is 99.8 Å². The minimum absolute atomic E-state index is 0.0348. The molecule has 0 atom stereocenters. The van der Waals surface area contributed by atoms with Gasteiger partial charge in [-0.15, -0.1) is 10.1 Å². The Kier molecular flexibility index (Phi) is 24.2. The molecule has 1 fully saturated rings. The lowest BCUT2D eigenvalue weighted by molar-refractivity contribution is -0.757. The highest BCUT2D eigenvalue weighted by Gasteiger charge is 2.30. The van der Waals surface area contributed by atoms with E-state index in [1.54, 1.807) is 30.3 Å². The average Bonchev–Trinajstić information content (AvgIpc) is 3.15. The number of nitrogens with zero attached hydrogens (tertiary/aromatic N) is 1. The van der Waals surface area contributed by atoms with E-state index in [0.29, 0.717) is 55.3 Å². The molecule has 0 saturated heterocycles. The molecule has 1 aliphatic carbocycles. The standard InChI is InChI=1S/C21H27NO8.C17H21F3O.C2H6/c1-3-4-5-6-9-21(24)30-18-12-10-17(16-19(18)27-2)11-13-20(23)28-14-7-8-15-29-22(25)26;18-17(19,20)15-10-6-11-16(13-15)21-12-5-4-9-14-7-2-1-3-8-14;1-2/h3-4,10-13,16H,5-9,14-15H2,1-2H3;4,6,9-11,13-14H,1-3,5,7-8,12H2;1-2H3/b4-3-,13-11+;9-4+;. The van der Waals surface area contributed by atoms with Crippen molar-refractivity contribution in [3.63, 3.8) is 0 Å². The second-order valence-electron chi connectivity index (χ2n) is 11.6. The Morgan fingerprint density at radius 3 is 2.34 bits per heavy atom. The molecule has 294 valence electrons. The summed E-state index contributed by atoms with van der Waals surface area (Å²) in [5.74, 6) is 0.751. The van der Waals surface area contributed by atoms with E-state index in [9.17, 15) is 32.9 Å². The summed E-state index contributed by atoms with van der Waals surface area (Å²) in [5, 5.41) is 9.14. The Bertz CT molecular complexity index is 1430. The van der Waals surface area contributed by atoms with E-state index in [2.05, 4.69) is 17.0 Å². The molecule has 3 rings (SSSR count). The van der Waals surface area contributed by atoms with Crippen molar-refractivity contribution in [3.8, 4) is 17.2 Å². The first kappa shape index (κ1) is 46.2. The third kappa shape index (κ3) is 22.0. The van der Waals surface area contributed by atoms with Crippen molar-refractivity contribution in [3.05, 3.63) is 94.1 Å². The molecular weight excluding hydrogens is 695 g/mol. The van der Waals surface area contributed by atoms with Crippen LogP contribution in [0.4, 0.5) is 13.2 Å². The first-order valence-electron chi connectivity index (χ1n) is 18.1. The van der Waals surface area contributed by atoms with Crippen LogP contribution in [0.25, 0.3) is 6.08 Å². The fraction of sp³-hybridized carbons (Fsp3) is 0.500. The molecule has 0 amide bonds. The quantitative estimate of drug-likeness (QED) is 0.0262. The highest BCUT2D eigenvalue weighted by molar-refractivity contribution is 5.87. The number of benzene rings is 2. The molecule has 0 N–H and O–H groups in total. The highest BCUT2D eigenvalue weighted by Crippen LogP contribution is 2.32. The van der Waals surface area contributed by atoms with Gasteiger partial charge in [-0.1, -0.05) is 69.5 Å². The molecule has 0 radical (unpaired) electrons. The van der Waals surface area contributed by atoms with Crippen LogP contribution < -0.4 is 14.2 Å². The lowest BCUT2D eigenvalue weighted by Crippen LogP contribution is -2.08. The van der Waals surface area contributed by atoms with E-state index in [1.165, 1.54) is 51.4 Å². The number of hydrogen-bond acceptors (Lipinski definition) is 9. The molecule has 0 aromatic heterocycles. The van der Waals surface area contributed by atoms with E-state index in [0.717, 1.165) is 25.0 Å². The number of esters is 2. The number of ether oxygens (including phenoxy) is 4. The van der Waals surface area contributed by atoms with Crippen molar-refractivity contribution < 1.29 is 51.6 Å². The molecule has 0 bridgehead atoms. The van der Waals surface area contributed by atoms with Gasteiger partial charge in [0.15, 0.2) is 11.5 Å². The maximum absolute atomic E-state index is 12.5. The molecule has 2 aromatic carbocycles. The van der Waals surface area contributed by atoms with Crippen LogP contribution >= 0.6 is 0 Å². The van der Waals surface area contributed by atoms with Crippen molar-refractivity contribution in [2.24, 2.45) is 5.92 Å². The van der Waals surface area contributed by atoms with Crippen LogP contribution in [0.1, 0.15) is 103 Å². The van der Waals surface area contributed by atoms with Gasteiger partial charge in [0.2, 0.25) is 0 Å². The van der Waals surface area contributed by atoms with Crippen molar-refractivity contribution in [1.29, 1.82) is 0 Å². The van der Waals surface area contributed by atoms with Gasteiger partial charge in [0.05, 0.1) is 32.5 Å². The molecule has 0 unspecified atom stereocenters. The summed E-state index contributed by atoms with van der Waals surface area (Å²) in [6.45, 7) is 6.44. The predicted octanol–water partition coefficient (Wildman–Crippen LogP) is 10.5. The maximum Gasteiger partial charge on any atom is 0.416 e. The number of halogens is 3. The van der Waals surface area contributed by atoms with Crippen molar-refractivity contribution >= 4 is 18.0 Å². The summed E-state index contributed by atoms with van der Waals surface area (Å²) < 4.78 is 58.6. The number of unbranched alkanes of at least 4 members (excludes halogenated alkanes) is 2. The van der Waals surface area contributed by atoms with E-state index in [4.69, 9.17) is 18.9 Å². The minimum atomic E-state index is -4.32. The van der Waals surface area contributed by atoms with Crippen molar-refractivity contribution in [2.75, 3.05) is 26.9 Å². The zero-order valence-corrected chi connectivity index (χ0v) is 31.2. The van der Waals surface area contributed by atoms with Crippen LogP contribution in [-0.2, 0) is 25.3 Å². The third-order valence-electron chi connectivity index (χ3n) is 7.56. The molecule has 0 spiro atoms. The van der Waals surface area contributed by atoms with Gasteiger partial charge < -0.3 is 23.8 Å². The zero-order valence-electron chi connectivity index (χ0n) is 31.2. The SMILES string of the molecule is C/C=C\CCCC(=O)Oc1ccc(/C=C/C(=O)OCCCCO[N+](=O)[O-])cc1OC.CC.FC(F)(F)c1cccc(OCC/C=C/C2CCCCC2)c1. The number of hydrogen-bond donors (Lipinski definition) is 0. The van der Waals surface area contributed by atoms with Gasteiger partial charge in [-0.2, -0.15) is 13.2 Å². The number of carbonyl (C=O) groups is 2. The Labute approximate surface area is 311 Å². The van der Waals surface area contributed by atoms with E-state index in [-0.39, 0.29) is 24.9 Å². The Morgan fingerprint density at radius 1 is 0.925 bits per heavy atom.